The normalized spacial score (nSPS) is 12.9. The Bertz CT molecular complexity index is 945. The Morgan fingerprint density at radius 1 is 0.964 bits per heavy atom. The number of ether oxygens (including phenoxy) is 2. The van der Waals surface area contributed by atoms with Crippen LogP contribution in [0.3, 0.4) is 0 Å². The minimum absolute atomic E-state index is 0.404. The quantitative estimate of drug-likeness (QED) is 0.712. The first-order chi connectivity index (χ1) is 13.2. The van der Waals surface area contributed by atoms with Crippen LogP contribution in [0.2, 0.25) is 0 Å². The molecule has 1 aliphatic rings. The molecule has 7 heteroatoms. The number of hydrogen-bond acceptors (Lipinski definition) is 6. The first-order valence-corrected chi connectivity index (χ1v) is 9.01. The van der Waals surface area contributed by atoms with Crippen LogP contribution in [-0.4, -0.2) is 24.8 Å². The molecule has 1 heterocycles. The number of hydrogen-bond donors (Lipinski definition) is 1. The minimum Gasteiger partial charge on any atom is -0.465 e. The number of esters is 1. The van der Waals surface area contributed by atoms with E-state index in [1.807, 2.05) is 32.9 Å². The molecule has 0 bridgehead atoms. The van der Waals surface area contributed by atoms with Gasteiger partial charge in [-0.2, -0.15) is 10.2 Å². The number of fused-ring (bicyclic) bond motifs is 2. The molecule has 1 amide bonds. The molecule has 0 spiro atoms. The number of aryl methyl sites for hydroxylation is 2. The predicted molar refractivity (Wildman–Crippen MR) is 106 cm³/mol. The molecule has 2 aromatic carbocycles. The van der Waals surface area contributed by atoms with E-state index in [4.69, 9.17) is 9.47 Å². The van der Waals surface area contributed by atoms with Gasteiger partial charge in [-0.15, -0.1) is 0 Å². The third-order valence-corrected chi connectivity index (χ3v) is 4.16. The average molecular weight is 381 g/mol. The van der Waals surface area contributed by atoms with Crippen molar-refractivity contribution in [3.63, 3.8) is 0 Å². The van der Waals surface area contributed by atoms with Gasteiger partial charge in [-0.05, 0) is 75.1 Å². The van der Waals surface area contributed by atoms with Gasteiger partial charge in [-0.3, -0.25) is 5.32 Å². The molecule has 1 aliphatic heterocycles. The lowest BCUT2D eigenvalue weighted by Crippen LogP contribution is -2.27. The Balaban J connectivity index is 1.82. The second-order valence-electron chi connectivity index (χ2n) is 7.51. The molecule has 146 valence electrons. The molecular formula is C21H23N3O4. The van der Waals surface area contributed by atoms with Gasteiger partial charge in [-0.1, -0.05) is 6.07 Å². The van der Waals surface area contributed by atoms with Crippen LogP contribution in [0, 0.1) is 0 Å². The molecule has 0 unspecified atom stereocenters. The van der Waals surface area contributed by atoms with Gasteiger partial charge in [0, 0.05) is 5.69 Å². The summed E-state index contributed by atoms with van der Waals surface area (Å²) in [7, 11) is 1.35. The highest BCUT2D eigenvalue weighted by atomic mass is 16.6. The molecule has 28 heavy (non-hydrogen) atoms. The van der Waals surface area contributed by atoms with E-state index >= 15 is 0 Å². The van der Waals surface area contributed by atoms with Crippen LogP contribution in [0.4, 0.5) is 21.9 Å². The molecule has 0 atom stereocenters. The fraction of sp³-hybridized carbons (Fsp3) is 0.333. The summed E-state index contributed by atoms with van der Waals surface area (Å²) in [4.78, 5) is 23.7. The smallest absolute Gasteiger partial charge is 0.412 e. The Labute approximate surface area is 163 Å². The van der Waals surface area contributed by atoms with Crippen molar-refractivity contribution in [3.05, 3.63) is 53.1 Å². The van der Waals surface area contributed by atoms with Crippen molar-refractivity contribution in [2.75, 3.05) is 12.4 Å². The summed E-state index contributed by atoms with van der Waals surface area (Å²) >= 11 is 0. The van der Waals surface area contributed by atoms with Crippen LogP contribution in [0.5, 0.6) is 0 Å². The van der Waals surface area contributed by atoms with Gasteiger partial charge in [0.1, 0.15) is 5.60 Å². The standard InChI is InChI=1S/C21H23N3O4/c1-21(2,3)28-20(26)22-16-9-10-17-14(11-16)7-5-13-6-8-15(19(25)27-4)12-18(13)24-23-17/h6,8-12H,5,7H2,1-4H3,(H,22,26). The van der Waals surface area contributed by atoms with E-state index in [2.05, 4.69) is 15.5 Å². The number of methoxy groups -OCH3 is 1. The summed E-state index contributed by atoms with van der Waals surface area (Å²) in [5, 5.41) is 11.4. The SMILES string of the molecule is COC(=O)c1ccc2c(c1)N=Nc1ccc(NC(=O)OC(C)(C)C)cc1CC2. The zero-order chi connectivity index (χ0) is 20.3. The molecule has 7 nitrogen and oxygen atoms in total. The summed E-state index contributed by atoms with van der Waals surface area (Å²) in [6, 6.07) is 10.7. The Hall–Kier alpha value is -3.22. The van der Waals surface area contributed by atoms with Gasteiger partial charge in [-0.25, -0.2) is 9.59 Å². The molecule has 0 radical (unpaired) electrons. The average Bonchev–Trinajstić information content (AvgIpc) is 2.61. The number of carbonyl (C=O) groups is 2. The summed E-state index contributed by atoms with van der Waals surface area (Å²) in [5.41, 5.74) is 3.87. The van der Waals surface area contributed by atoms with Crippen LogP contribution < -0.4 is 5.32 Å². The van der Waals surface area contributed by atoms with Crippen LogP contribution in [-0.2, 0) is 22.3 Å². The fourth-order valence-electron chi connectivity index (χ4n) is 2.87. The molecule has 0 aliphatic carbocycles. The lowest BCUT2D eigenvalue weighted by Gasteiger charge is -2.20. The van der Waals surface area contributed by atoms with E-state index in [0.29, 0.717) is 16.9 Å². The van der Waals surface area contributed by atoms with Crippen molar-refractivity contribution in [1.82, 2.24) is 0 Å². The van der Waals surface area contributed by atoms with E-state index in [-0.39, 0.29) is 0 Å². The zero-order valence-corrected chi connectivity index (χ0v) is 16.4. The van der Waals surface area contributed by atoms with Gasteiger partial charge < -0.3 is 9.47 Å². The Morgan fingerprint density at radius 2 is 1.68 bits per heavy atom. The third kappa shape index (κ3) is 4.73. The van der Waals surface area contributed by atoms with Gasteiger partial charge in [0.2, 0.25) is 0 Å². The minimum atomic E-state index is -0.561. The first kappa shape index (κ1) is 19.5. The monoisotopic (exact) mass is 381 g/mol. The van der Waals surface area contributed by atoms with E-state index in [1.165, 1.54) is 7.11 Å². The maximum absolute atomic E-state index is 12.0. The molecule has 2 aromatic rings. The molecule has 0 aromatic heterocycles. The number of nitrogens with one attached hydrogen (secondary N) is 1. The van der Waals surface area contributed by atoms with Crippen molar-refractivity contribution < 1.29 is 19.1 Å². The molecule has 1 N–H and O–H groups in total. The first-order valence-electron chi connectivity index (χ1n) is 9.01. The van der Waals surface area contributed by atoms with Crippen LogP contribution in [0.1, 0.15) is 42.3 Å². The summed E-state index contributed by atoms with van der Waals surface area (Å²) in [6.07, 6.45) is 0.960. The van der Waals surface area contributed by atoms with Crippen molar-refractivity contribution in [3.8, 4) is 0 Å². The maximum atomic E-state index is 12.0. The lowest BCUT2D eigenvalue weighted by molar-refractivity contribution is 0.0598. The number of nitrogens with zero attached hydrogens (tertiary/aromatic N) is 2. The highest BCUT2D eigenvalue weighted by molar-refractivity contribution is 5.90. The van der Waals surface area contributed by atoms with Crippen molar-refractivity contribution in [2.24, 2.45) is 10.2 Å². The van der Waals surface area contributed by atoms with E-state index < -0.39 is 17.7 Å². The summed E-state index contributed by atoms with van der Waals surface area (Å²) in [6.45, 7) is 5.45. The van der Waals surface area contributed by atoms with Gasteiger partial charge in [0.15, 0.2) is 0 Å². The predicted octanol–water partition coefficient (Wildman–Crippen LogP) is 5.33. The number of azo groups is 1. The van der Waals surface area contributed by atoms with Crippen molar-refractivity contribution >= 4 is 29.1 Å². The highest BCUT2D eigenvalue weighted by Gasteiger charge is 2.17. The van der Waals surface area contributed by atoms with Crippen molar-refractivity contribution in [2.45, 2.75) is 39.2 Å². The number of anilines is 1. The Kier molecular flexibility index (Phi) is 5.44. The molecule has 0 saturated carbocycles. The van der Waals surface area contributed by atoms with E-state index in [0.717, 1.165) is 29.7 Å². The maximum Gasteiger partial charge on any atom is 0.412 e. The molecule has 0 saturated heterocycles. The third-order valence-electron chi connectivity index (χ3n) is 4.16. The molecular weight excluding hydrogens is 358 g/mol. The Morgan fingerprint density at radius 3 is 2.39 bits per heavy atom. The number of rotatable bonds is 2. The fourth-order valence-corrected chi connectivity index (χ4v) is 2.87. The lowest BCUT2D eigenvalue weighted by atomic mass is 9.99. The van der Waals surface area contributed by atoms with Gasteiger partial charge in [0.05, 0.1) is 24.0 Å². The van der Waals surface area contributed by atoms with Crippen LogP contribution in [0.25, 0.3) is 0 Å². The molecule has 0 fully saturated rings. The summed E-state index contributed by atoms with van der Waals surface area (Å²) < 4.78 is 10.0. The molecule has 3 rings (SSSR count). The highest BCUT2D eigenvalue weighted by Crippen LogP contribution is 2.32. The van der Waals surface area contributed by atoms with Crippen LogP contribution in [0.15, 0.2) is 46.6 Å². The number of amides is 1. The van der Waals surface area contributed by atoms with Crippen molar-refractivity contribution in [1.29, 1.82) is 0 Å². The van der Waals surface area contributed by atoms with E-state index in [1.54, 1.807) is 24.3 Å². The van der Waals surface area contributed by atoms with E-state index in [9.17, 15) is 9.59 Å². The van der Waals surface area contributed by atoms with Gasteiger partial charge in [0.25, 0.3) is 0 Å². The number of carbonyl (C=O) groups excluding carboxylic acids is 2. The number of benzene rings is 2. The topological polar surface area (TPSA) is 89.4 Å². The summed E-state index contributed by atoms with van der Waals surface area (Å²) in [5.74, 6) is -0.404. The largest absolute Gasteiger partial charge is 0.465 e. The second kappa shape index (κ2) is 7.80. The second-order valence-corrected chi connectivity index (χ2v) is 7.51. The zero-order valence-electron chi connectivity index (χ0n) is 16.4. The van der Waals surface area contributed by atoms with Gasteiger partial charge >= 0.3 is 12.1 Å². The van der Waals surface area contributed by atoms with Crippen LogP contribution >= 0.6 is 0 Å².